The number of benzene rings is 2. The SMILES string of the molecule is CNC(=O)[C@@H](C)N(Cc1cccc(OC)c1)C(=O)CSCc1ccc(OC)cc1. The molecule has 2 rings (SSSR count). The van der Waals surface area contributed by atoms with Gasteiger partial charge in [-0.05, 0) is 42.3 Å². The van der Waals surface area contributed by atoms with Crippen LogP contribution in [0.5, 0.6) is 11.5 Å². The Labute approximate surface area is 176 Å². The van der Waals surface area contributed by atoms with Crippen LogP contribution in [0.3, 0.4) is 0 Å². The standard InChI is InChI=1S/C22H28N2O4S/c1-16(22(26)23-2)24(13-18-6-5-7-20(12-18)28-4)21(25)15-29-14-17-8-10-19(27-3)11-9-17/h5-12,16H,13-15H2,1-4H3,(H,23,26)/t16-/m1/s1. The van der Waals surface area contributed by atoms with Crippen LogP contribution < -0.4 is 14.8 Å². The molecule has 2 aromatic rings. The molecule has 0 heterocycles. The average molecular weight is 417 g/mol. The molecule has 0 aliphatic carbocycles. The van der Waals surface area contributed by atoms with Crippen molar-refractivity contribution in [1.82, 2.24) is 10.2 Å². The topological polar surface area (TPSA) is 67.9 Å². The molecule has 6 nitrogen and oxygen atoms in total. The number of carbonyl (C=O) groups is 2. The van der Waals surface area contributed by atoms with Gasteiger partial charge in [-0.3, -0.25) is 9.59 Å². The summed E-state index contributed by atoms with van der Waals surface area (Å²) in [6, 6.07) is 14.7. The monoisotopic (exact) mass is 416 g/mol. The van der Waals surface area contributed by atoms with Gasteiger partial charge in [0.05, 0.1) is 20.0 Å². The molecule has 2 amide bonds. The summed E-state index contributed by atoms with van der Waals surface area (Å²) in [5.74, 6) is 2.24. The van der Waals surface area contributed by atoms with E-state index in [0.29, 0.717) is 12.3 Å². The Bertz CT molecular complexity index is 811. The molecule has 0 spiro atoms. The molecule has 7 heteroatoms. The van der Waals surface area contributed by atoms with Gasteiger partial charge in [-0.25, -0.2) is 0 Å². The first kappa shape index (κ1) is 22.6. The van der Waals surface area contributed by atoms with E-state index in [1.807, 2.05) is 48.5 Å². The lowest BCUT2D eigenvalue weighted by Gasteiger charge is -2.28. The predicted octanol–water partition coefficient (Wildman–Crippen LogP) is 3.10. The maximum absolute atomic E-state index is 12.9. The molecule has 0 bridgehead atoms. The highest BCUT2D eigenvalue weighted by Crippen LogP contribution is 2.19. The maximum atomic E-state index is 12.9. The third kappa shape index (κ3) is 6.71. The molecule has 2 aromatic carbocycles. The smallest absolute Gasteiger partial charge is 0.242 e. The molecule has 0 aromatic heterocycles. The Morgan fingerprint density at radius 1 is 1.03 bits per heavy atom. The summed E-state index contributed by atoms with van der Waals surface area (Å²) >= 11 is 1.52. The molecular weight excluding hydrogens is 388 g/mol. The van der Waals surface area contributed by atoms with Crippen molar-refractivity contribution in [2.75, 3.05) is 27.0 Å². The van der Waals surface area contributed by atoms with Gasteiger partial charge in [0.1, 0.15) is 17.5 Å². The Morgan fingerprint density at radius 3 is 2.34 bits per heavy atom. The fourth-order valence-electron chi connectivity index (χ4n) is 2.82. The number of hydrogen-bond acceptors (Lipinski definition) is 5. The number of amides is 2. The van der Waals surface area contributed by atoms with Crippen LogP contribution in [0.1, 0.15) is 18.1 Å². The van der Waals surface area contributed by atoms with E-state index in [9.17, 15) is 9.59 Å². The fraction of sp³-hybridized carbons (Fsp3) is 0.364. The van der Waals surface area contributed by atoms with Crippen molar-refractivity contribution in [1.29, 1.82) is 0 Å². The average Bonchev–Trinajstić information content (AvgIpc) is 2.76. The minimum absolute atomic E-state index is 0.0811. The first-order valence-corrected chi connectivity index (χ1v) is 10.5. The fourth-order valence-corrected chi connectivity index (χ4v) is 3.69. The van der Waals surface area contributed by atoms with Gasteiger partial charge in [-0.15, -0.1) is 11.8 Å². The van der Waals surface area contributed by atoms with Crippen LogP contribution in [0.4, 0.5) is 0 Å². The van der Waals surface area contributed by atoms with Gasteiger partial charge in [0.15, 0.2) is 0 Å². The van der Waals surface area contributed by atoms with Gasteiger partial charge in [-0.1, -0.05) is 24.3 Å². The normalized spacial score (nSPS) is 11.4. The highest BCUT2D eigenvalue weighted by molar-refractivity contribution is 7.99. The quantitative estimate of drug-likeness (QED) is 0.645. The molecule has 0 fully saturated rings. The zero-order valence-electron chi connectivity index (χ0n) is 17.3. The number of rotatable bonds is 10. The second-order valence-corrected chi connectivity index (χ2v) is 7.49. The minimum atomic E-state index is -0.569. The molecule has 0 aliphatic heterocycles. The van der Waals surface area contributed by atoms with E-state index >= 15 is 0 Å². The van der Waals surface area contributed by atoms with Crippen molar-refractivity contribution >= 4 is 23.6 Å². The number of nitrogens with one attached hydrogen (secondary N) is 1. The van der Waals surface area contributed by atoms with E-state index in [4.69, 9.17) is 9.47 Å². The summed E-state index contributed by atoms with van der Waals surface area (Å²) < 4.78 is 10.4. The van der Waals surface area contributed by atoms with Crippen molar-refractivity contribution in [3.63, 3.8) is 0 Å². The molecule has 0 radical (unpaired) electrons. The van der Waals surface area contributed by atoms with Gasteiger partial charge in [-0.2, -0.15) is 0 Å². The van der Waals surface area contributed by atoms with Crippen LogP contribution in [0.15, 0.2) is 48.5 Å². The summed E-state index contributed by atoms with van der Waals surface area (Å²) in [5, 5.41) is 2.62. The molecule has 1 atom stereocenters. The summed E-state index contributed by atoms with van der Waals surface area (Å²) in [6.45, 7) is 2.08. The van der Waals surface area contributed by atoms with E-state index < -0.39 is 6.04 Å². The van der Waals surface area contributed by atoms with E-state index in [0.717, 1.165) is 22.6 Å². The Balaban J connectivity index is 2.03. The van der Waals surface area contributed by atoms with Crippen LogP contribution in [0.2, 0.25) is 0 Å². The van der Waals surface area contributed by atoms with Crippen molar-refractivity contribution < 1.29 is 19.1 Å². The number of carbonyl (C=O) groups excluding carboxylic acids is 2. The van der Waals surface area contributed by atoms with E-state index in [-0.39, 0.29) is 17.6 Å². The Kier molecular flexibility index (Phi) is 8.86. The lowest BCUT2D eigenvalue weighted by Crippen LogP contribution is -2.47. The predicted molar refractivity (Wildman–Crippen MR) is 116 cm³/mol. The summed E-state index contributed by atoms with van der Waals surface area (Å²) in [7, 11) is 4.81. The van der Waals surface area contributed by atoms with Crippen molar-refractivity contribution in [2.24, 2.45) is 0 Å². The Hall–Kier alpha value is -2.67. The highest BCUT2D eigenvalue weighted by atomic mass is 32.2. The van der Waals surface area contributed by atoms with Crippen LogP contribution in [-0.2, 0) is 21.9 Å². The first-order valence-electron chi connectivity index (χ1n) is 9.33. The zero-order valence-corrected chi connectivity index (χ0v) is 18.1. The van der Waals surface area contributed by atoms with Crippen molar-refractivity contribution in [3.8, 4) is 11.5 Å². The van der Waals surface area contributed by atoms with Gasteiger partial charge < -0.3 is 19.7 Å². The maximum Gasteiger partial charge on any atom is 0.242 e. The van der Waals surface area contributed by atoms with Crippen LogP contribution in [0.25, 0.3) is 0 Å². The lowest BCUT2D eigenvalue weighted by atomic mass is 10.1. The van der Waals surface area contributed by atoms with Gasteiger partial charge in [0, 0.05) is 19.3 Å². The van der Waals surface area contributed by atoms with E-state index in [1.54, 1.807) is 33.1 Å². The number of nitrogens with zero attached hydrogens (tertiary/aromatic N) is 1. The lowest BCUT2D eigenvalue weighted by molar-refractivity contribution is -0.138. The van der Waals surface area contributed by atoms with Crippen LogP contribution in [-0.4, -0.2) is 49.8 Å². The third-order valence-electron chi connectivity index (χ3n) is 4.55. The van der Waals surface area contributed by atoms with Crippen molar-refractivity contribution in [3.05, 3.63) is 59.7 Å². The molecule has 0 unspecified atom stereocenters. The van der Waals surface area contributed by atoms with Crippen LogP contribution >= 0.6 is 11.8 Å². The van der Waals surface area contributed by atoms with Gasteiger partial charge in [0.25, 0.3) is 0 Å². The summed E-state index contributed by atoms with van der Waals surface area (Å²) in [5.41, 5.74) is 2.02. The third-order valence-corrected chi connectivity index (χ3v) is 5.54. The summed E-state index contributed by atoms with van der Waals surface area (Å²) in [4.78, 5) is 26.7. The summed E-state index contributed by atoms with van der Waals surface area (Å²) in [6.07, 6.45) is 0. The zero-order chi connectivity index (χ0) is 21.2. The van der Waals surface area contributed by atoms with Crippen LogP contribution in [0, 0.1) is 0 Å². The molecule has 1 N–H and O–H groups in total. The number of hydrogen-bond donors (Lipinski definition) is 1. The Morgan fingerprint density at radius 2 is 1.72 bits per heavy atom. The largest absolute Gasteiger partial charge is 0.497 e. The van der Waals surface area contributed by atoms with E-state index in [1.165, 1.54) is 11.8 Å². The molecule has 0 aliphatic rings. The molecular formula is C22H28N2O4S. The molecule has 0 saturated carbocycles. The minimum Gasteiger partial charge on any atom is -0.497 e. The molecule has 156 valence electrons. The van der Waals surface area contributed by atoms with E-state index in [2.05, 4.69) is 5.32 Å². The highest BCUT2D eigenvalue weighted by Gasteiger charge is 2.25. The second-order valence-electron chi connectivity index (χ2n) is 6.50. The second kappa shape index (κ2) is 11.4. The molecule has 0 saturated heterocycles. The first-order chi connectivity index (χ1) is 14.0. The van der Waals surface area contributed by atoms with Gasteiger partial charge >= 0.3 is 0 Å². The number of methoxy groups -OCH3 is 2. The van der Waals surface area contributed by atoms with Crippen molar-refractivity contribution in [2.45, 2.75) is 25.3 Å². The van der Waals surface area contributed by atoms with Gasteiger partial charge in [0.2, 0.25) is 11.8 Å². The molecule has 29 heavy (non-hydrogen) atoms. The number of thioether (sulfide) groups is 1. The number of likely N-dealkylation sites (N-methyl/N-ethyl adjacent to an activating group) is 1. The number of ether oxygens (including phenoxy) is 2.